The molecule has 0 aromatic carbocycles. The zero-order chi connectivity index (χ0) is 11.5. The van der Waals surface area contributed by atoms with Crippen molar-refractivity contribution in [3.05, 3.63) is 17.6 Å². The Morgan fingerprint density at radius 2 is 1.93 bits per heavy atom. The van der Waals surface area contributed by atoms with Crippen molar-refractivity contribution in [3.8, 4) is 0 Å². The first-order valence-corrected chi connectivity index (χ1v) is 5.24. The molecule has 0 saturated heterocycles. The summed E-state index contributed by atoms with van der Waals surface area (Å²) in [6.45, 7) is 6.04. The van der Waals surface area contributed by atoms with Gasteiger partial charge in [0.2, 0.25) is 0 Å². The molecule has 4 heteroatoms. The maximum atomic E-state index is 5.71. The molecule has 0 radical (unpaired) electrons. The van der Waals surface area contributed by atoms with Crippen LogP contribution in [0.1, 0.15) is 38.2 Å². The van der Waals surface area contributed by atoms with Crippen LogP contribution in [0, 0.1) is 6.92 Å². The number of nitrogens with zero attached hydrogens (tertiary/aromatic N) is 2. The van der Waals surface area contributed by atoms with Crippen molar-refractivity contribution in [2.75, 3.05) is 12.8 Å². The summed E-state index contributed by atoms with van der Waals surface area (Å²) in [5, 5.41) is 0. The molecule has 0 fully saturated rings. The van der Waals surface area contributed by atoms with E-state index in [4.69, 9.17) is 10.5 Å². The molecular formula is C11H19N3O. The second-order valence-electron chi connectivity index (χ2n) is 3.66. The summed E-state index contributed by atoms with van der Waals surface area (Å²) in [7, 11) is 1.69. The number of aromatic nitrogens is 2. The number of hydrogen-bond acceptors (Lipinski definition) is 4. The molecule has 1 aromatic rings. The quantitative estimate of drug-likeness (QED) is 0.824. The van der Waals surface area contributed by atoms with Gasteiger partial charge in [0.15, 0.2) is 5.82 Å². The van der Waals surface area contributed by atoms with E-state index in [-0.39, 0.29) is 0 Å². The molecule has 0 saturated carbocycles. The highest BCUT2D eigenvalue weighted by Gasteiger charge is 2.31. The van der Waals surface area contributed by atoms with Gasteiger partial charge in [-0.1, -0.05) is 13.8 Å². The largest absolute Gasteiger partial charge is 0.384 e. The Balaban J connectivity index is 3.22. The van der Waals surface area contributed by atoms with Crippen molar-refractivity contribution < 1.29 is 4.74 Å². The number of nitrogen functional groups attached to an aromatic ring is 1. The first-order chi connectivity index (χ1) is 7.07. The minimum Gasteiger partial charge on any atom is -0.384 e. The maximum Gasteiger partial charge on any atom is 0.162 e. The van der Waals surface area contributed by atoms with Gasteiger partial charge < -0.3 is 10.5 Å². The lowest BCUT2D eigenvalue weighted by molar-refractivity contribution is -0.0291. The van der Waals surface area contributed by atoms with Crippen LogP contribution in [-0.4, -0.2) is 17.1 Å². The second-order valence-corrected chi connectivity index (χ2v) is 3.66. The molecule has 0 aliphatic carbocycles. The molecule has 0 aliphatic rings. The monoisotopic (exact) mass is 209 g/mol. The van der Waals surface area contributed by atoms with E-state index in [2.05, 4.69) is 23.8 Å². The lowest BCUT2D eigenvalue weighted by atomic mass is 9.96. The summed E-state index contributed by atoms with van der Waals surface area (Å²) in [4.78, 5) is 8.66. The molecule has 1 rings (SSSR count). The Hall–Kier alpha value is -1.16. The molecule has 2 N–H and O–H groups in total. The molecule has 15 heavy (non-hydrogen) atoms. The fourth-order valence-corrected chi connectivity index (χ4v) is 1.74. The normalized spacial score (nSPS) is 11.7. The number of ether oxygens (including phenoxy) is 1. The van der Waals surface area contributed by atoms with Crippen LogP contribution in [0.25, 0.3) is 0 Å². The molecule has 1 heterocycles. The number of rotatable bonds is 4. The molecule has 0 atom stereocenters. The fraction of sp³-hybridized carbons (Fsp3) is 0.636. The highest BCUT2D eigenvalue weighted by atomic mass is 16.5. The molecule has 0 bridgehead atoms. The van der Waals surface area contributed by atoms with E-state index >= 15 is 0 Å². The molecule has 0 spiro atoms. The highest BCUT2D eigenvalue weighted by molar-refractivity contribution is 5.30. The lowest BCUT2D eigenvalue weighted by Crippen LogP contribution is -2.30. The molecule has 0 aliphatic heterocycles. The van der Waals surface area contributed by atoms with Gasteiger partial charge >= 0.3 is 0 Å². The van der Waals surface area contributed by atoms with E-state index in [0.717, 1.165) is 18.5 Å². The molecule has 0 unspecified atom stereocenters. The van der Waals surface area contributed by atoms with Crippen molar-refractivity contribution in [2.45, 2.75) is 39.2 Å². The summed E-state index contributed by atoms with van der Waals surface area (Å²) < 4.78 is 5.55. The Morgan fingerprint density at radius 3 is 2.33 bits per heavy atom. The molecule has 84 valence electrons. The predicted octanol–water partition coefficient (Wildman–Crippen LogP) is 2.03. The van der Waals surface area contributed by atoms with Crippen LogP contribution in [0.5, 0.6) is 0 Å². The zero-order valence-corrected chi connectivity index (χ0v) is 9.87. The molecule has 4 nitrogen and oxygen atoms in total. The van der Waals surface area contributed by atoms with Gasteiger partial charge in [-0.25, -0.2) is 9.97 Å². The van der Waals surface area contributed by atoms with Crippen molar-refractivity contribution in [3.63, 3.8) is 0 Å². The Labute approximate surface area is 90.9 Å². The number of anilines is 1. The molecule has 1 aromatic heterocycles. The van der Waals surface area contributed by atoms with E-state index in [1.54, 1.807) is 13.2 Å². The first-order valence-electron chi connectivity index (χ1n) is 5.24. The standard InChI is InChI=1S/C11H19N3O/c1-5-11(6-2,15-4)10-13-8(3)7-9(12)14-10/h7H,5-6H2,1-4H3,(H2,12,13,14). The summed E-state index contributed by atoms with van der Waals surface area (Å²) >= 11 is 0. The predicted molar refractivity (Wildman–Crippen MR) is 60.5 cm³/mol. The third-order valence-corrected chi connectivity index (χ3v) is 2.81. The lowest BCUT2D eigenvalue weighted by Gasteiger charge is -2.28. The summed E-state index contributed by atoms with van der Waals surface area (Å²) in [6.07, 6.45) is 1.67. The first kappa shape index (κ1) is 11.9. The van der Waals surface area contributed by atoms with Gasteiger partial charge in [-0.05, 0) is 19.8 Å². The van der Waals surface area contributed by atoms with Gasteiger partial charge in [-0.15, -0.1) is 0 Å². The highest BCUT2D eigenvalue weighted by Crippen LogP contribution is 2.30. The minimum absolute atomic E-state index is 0.403. The van der Waals surface area contributed by atoms with Crippen molar-refractivity contribution in [1.82, 2.24) is 9.97 Å². The van der Waals surface area contributed by atoms with Crippen LogP contribution in [-0.2, 0) is 10.3 Å². The van der Waals surface area contributed by atoms with Crippen LogP contribution in [0.2, 0.25) is 0 Å². The minimum atomic E-state index is -0.403. The number of methoxy groups -OCH3 is 1. The average molecular weight is 209 g/mol. The zero-order valence-electron chi connectivity index (χ0n) is 9.87. The Bertz CT molecular complexity index is 306. The van der Waals surface area contributed by atoms with Gasteiger partial charge in [0.1, 0.15) is 11.4 Å². The van der Waals surface area contributed by atoms with Crippen molar-refractivity contribution >= 4 is 5.82 Å². The van der Waals surface area contributed by atoms with Crippen LogP contribution < -0.4 is 5.73 Å². The van der Waals surface area contributed by atoms with E-state index in [0.29, 0.717) is 11.6 Å². The average Bonchev–Trinajstić information content (AvgIpc) is 2.20. The second kappa shape index (κ2) is 4.57. The topological polar surface area (TPSA) is 61.0 Å². The fourth-order valence-electron chi connectivity index (χ4n) is 1.74. The number of hydrogen-bond donors (Lipinski definition) is 1. The van der Waals surface area contributed by atoms with Crippen LogP contribution in [0.15, 0.2) is 6.07 Å². The number of nitrogens with two attached hydrogens (primary N) is 1. The summed E-state index contributed by atoms with van der Waals surface area (Å²) in [5.74, 6) is 1.19. The summed E-state index contributed by atoms with van der Waals surface area (Å²) in [5.41, 5.74) is 6.19. The van der Waals surface area contributed by atoms with Gasteiger partial charge in [0, 0.05) is 18.9 Å². The number of aryl methyl sites for hydroxylation is 1. The Kier molecular flexibility index (Phi) is 3.63. The third kappa shape index (κ3) is 2.26. The maximum absolute atomic E-state index is 5.71. The van der Waals surface area contributed by atoms with Crippen LogP contribution in [0.4, 0.5) is 5.82 Å². The SMILES string of the molecule is CCC(CC)(OC)c1nc(C)cc(N)n1. The smallest absolute Gasteiger partial charge is 0.162 e. The van der Waals surface area contributed by atoms with E-state index in [1.165, 1.54) is 0 Å². The van der Waals surface area contributed by atoms with Gasteiger partial charge in [-0.2, -0.15) is 0 Å². The van der Waals surface area contributed by atoms with Crippen LogP contribution in [0.3, 0.4) is 0 Å². The Morgan fingerprint density at radius 1 is 1.33 bits per heavy atom. The van der Waals surface area contributed by atoms with Gasteiger partial charge in [0.05, 0.1) is 0 Å². The van der Waals surface area contributed by atoms with Crippen LogP contribution >= 0.6 is 0 Å². The molecule has 0 amide bonds. The van der Waals surface area contributed by atoms with Gasteiger partial charge in [0.25, 0.3) is 0 Å². The van der Waals surface area contributed by atoms with E-state index in [9.17, 15) is 0 Å². The van der Waals surface area contributed by atoms with Crippen molar-refractivity contribution in [1.29, 1.82) is 0 Å². The van der Waals surface area contributed by atoms with Gasteiger partial charge in [-0.3, -0.25) is 0 Å². The van der Waals surface area contributed by atoms with E-state index in [1.807, 2.05) is 6.92 Å². The third-order valence-electron chi connectivity index (χ3n) is 2.81. The molecular weight excluding hydrogens is 190 g/mol. The summed E-state index contributed by atoms with van der Waals surface area (Å²) in [6, 6.07) is 1.76. The van der Waals surface area contributed by atoms with E-state index < -0.39 is 5.60 Å². The van der Waals surface area contributed by atoms with Crippen molar-refractivity contribution in [2.24, 2.45) is 0 Å².